The lowest BCUT2D eigenvalue weighted by molar-refractivity contribution is -0.144. The molecule has 1 N–H and O–H groups in total. The van der Waals surface area contributed by atoms with Gasteiger partial charge in [0.25, 0.3) is 0 Å². The summed E-state index contributed by atoms with van der Waals surface area (Å²) in [4.78, 5) is 12.3. The average molecular weight is 222 g/mol. The van der Waals surface area contributed by atoms with Crippen LogP contribution in [0.5, 0.6) is 0 Å². The normalized spacial score (nSPS) is 29.5. The van der Waals surface area contributed by atoms with E-state index in [9.17, 15) is 9.90 Å². The van der Waals surface area contributed by atoms with Crippen molar-refractivity contribution in [2.45, 2.75) is 29.4 Å². The van der Waals surface area contributed by atoms with Gasteiger partial charge in [0.1, 0.15) is 4.75 Å². The van der Waals surface area contributed by atoms with E-state index in [1.54, 1.807) is 0 Å². The van der Waals surface area contributed by atoms with Crippen molar-refractivity contribution >= 4 is 17.7 Å². The first-order valence-electron chi connectivity index (χ1n) is 5.12. The minimum absolute atomic E-state index is 0.264. The lowest BCUT2D eigenvalue weighted by Gasteiger charge is -2.43. The Morgan fingerprint density at radius 1 is 1.47 bits per heavy atom. The van der Waals surface area contributed by atoms with E-state index in [0.29, 0.717) is 0 Å². The molecule has 1 aliphatic rings. The second-order valence-corrected chi connectivity index (χ2v) is 5.45. The van der Waals surface area contributed by atoms with Crippen molar-refractivity contribution in [3.63, 3.8) is 0 Å². The highest BCUT2D eigenvalue weighted by Gasteiger charge is 2.51. The van der Waals surface area contributed by atoms with Crippen LogP contribution in [0.4, 0.5) is 0 Å². The summed E-state index contributed by atoms with van der Waals surface area (Å²) in [6.07, 6.45) is 1.80. The number of hydrogen-bond acceptors (Lipinski definition) is 2. The summed E-state index contributed by atoms with van der Waals surface area (Å²) in [5, 5.41) is 9.29. The van der Waals surface area contributed by atoms with Crippen molar-refractivity contribution in [3.8, 4) is 0 Å². The topological polar surface area (TPSA) is 37.3 Å². The Kier molecular flexibility index (Phi) is 2.74. The summed E-state index contributed by atoms with van der Waals surface area (Å²) < 4.78 is -0.582. The lowest BCUT2D eigenvalue weighted by Crippen LogP contribution is -2.49. The van der Waals surface area contributed by atoms with Gasteiger partial charge in [0.05, 0.1) is 0 Å². The van der Waals surface area contributed by atoms with Gasteiger partial charge >= 0.3 is 5.97 Å². The molecular formula is C12H14O2S. The van der Waals surface area contributed by atoms with Gasteiger partial charge in [-0.2, -0.15) is 0 Å². The molecule has 80 valence electrons. The first-order chi connectivity index (χ1) is 7.15. The van der Waals surface area contributed by atoms with Crippen LogP contribution in [0, 0.1) is 5.92 Å². The second kappa shape index (κ2) is 3.89. The summed E-state index contributed by atoms with van der Waals surface area (Å²) in [7, 11) is 0. The van der Waals surface area contributed by atoms with E-state index in [0.717, 1.165) is 17.7 Å². The Morgan fingerprint density at radius 3 is 2.53 bits per heavy atom. The molecule has 0 aromatic heterocycles. The molecule has 1 fully saturated rings. The van der Waals surface area contributed by atoms with E-state index in [-0.39, 0.29) is 5.92 Å². The molecule has 3 heteroatoms. The van der Waals surface area contributed by atoms with Crippen molar-refractivity contribution in [2.24, 2.45) is 5.92 Å². The van der Waals surface area contributed by atoms with Crippen LogP contribution >= 0.6 is 11.8 Å². The van der Waals surface area contributed by atoms with Gasteiger partial charge in [-0.1, -0.05) is 25.1 Å². The number of carbonyl (C=O) groups is 1. The zero-order valence-electron chi connectivity index (χ0n) is 8.64. The summed E-state index contributed by atoms with van der Waals surface area (Å²) in [6, 6.07) is 9.78. The molecule has 2 unspecified atom stereocenters. The van der Waals surface area contributed by atoms with Crippen LogP contribution in [-0.2, 0) is 4.79 Å². The highest BCUT2D eigenvalue weighted by Crippen LogP contribution is 2.51. The van der Waals surface area contributed by atoms with Crippen molar-refractivity contribution in [1.82, 2.24) is 0 Å². The Bertz CT molecular complexity index is 363. The van der Waals surface area contributed by atoms with E-state index in [1.165, 1.54) is 11.8 Å². The molecule has 0 aliphatic heterocycles. The largest absolute Gasteiger partial charge is 0.480 e. The minimum Gasteiger partial charge on any atom is -0.480 e. The zero-order valence-corrected chi connectivity index (χ0v) is 9.46. The number of carboxylic acids is 1. The Morgan fingerprint density at radius 2 is 2.13 bits per heavy atom. The quantitative estimate of drug-likeness (QED) is 0.854. The number of thioether (sulfide) groups is 1. The molecule has 1 aliphatic carbocycles. The van der Waals surface area contributed by atoms with Crippen LogP contribution in [0.15, 0.2) is 35.2 Å². The lowest BCUT2D eigenvalue weighted by atomic mass is 9.74. The number of carboxylic acid groups (broad SMARTS) is 1. The molecule has 2 nitrogen and oxygen atoms in total. The van der Waals surface area contributed by atoms with Crippen molar-refractivity contribution < 1.29 is 9.90 Å². The van der Waals surface area contributed by atoms with Crippen molar-refractivity contribution in [3.05, 3.63) is 30.3 Å². The standard InChI is InChI=1S/C12H14O2S/c1-9-7-8-12(9,11(13)14)15-10-5-3-2-4-6-10/h2-6,9H,7-8H2,1H3,(H,13,14). The minimum atomic E-state index is -0.671. The first kappa shape index (κ1) is 10.6. The summed E-state index contributed by atoms with van der Waals surface area (Å²) in [6.45, 7) is 2.02. The maximum atomic E-state index is 11.3. The summed E-state index contributed by atoms with van der Waals surface area (Å²) in [5.74, 6) is -0.407. The van der Waals surface area contributed by atoms with Crippen LogP contribution in [0.3, 0.4) is 0 Å². The Hall–Kier alpha value is -0.960. The van der Waals surface area contributed by atoms with E-state index >= 15 is 0 Å². The molecule has 1 saturated carbocycles. The Balaban J connectivity index is 2.19. The molecule has 15 heavy (non-hydrogen) atoms. The molecule has 0 bridgehead atoms. The molecule has 0 saturated heterocycles. The van der Waals surface area contributed by atoms with Crippen molar-refractivity contribution in [1.29, 1.82) is 0 Å². The third-order valence-electron chi connectivity index (χ3n) is 3.15. The molecule has 1 aromatic carbocycles. The summed E-state index contributed by atoms with van der Waals surface area (Å²) in [5.41, 5.74) is 0. The van der Waals surface area contributed by atoms with Gasteiger partial charge in [-0.15, -0.1) is 11.8 Å². The molecule has 0 spiro atoms. The molecular weight excluding hydrogens is 208 g/mol. The average Bonchev–Trinajstić information content (AvgIpc) is 2.24. The van der Waals surface area contributed by atoms with E-state index in [2.05, 4.69) is 0 Å². The van der Waals surface area contributed by atoms with Gasteiger partial charge in [-0.25, -0.2) is 0 Å². The molecule has 0 amide bonds. The van der Waals surface area contributed by atoms with Gasteiger partial charge in [0.15, 0.2) is 0 Å². The van der Waals surface area contributed by atoms with Gasteiger partial charge in [0, 0.05) is 4.90 Å². The number of aliphatic carboxylic acids is 1. The molecule has 1 aromatic rings. The van der Waals surface area contributed by atoms with Gasteiger partial charge in [-0.3, -0.25) is 4.79 Å². The maximum Gasteiger partial charge on any atom is 0.320 e. The van der Waals surface area contributed by atoms with Crippen LogP contribution in [0.2, 0.25) is 0 Å². The fourth-order valence-electron chi connectivity index (χ4n) is 1.91. The SMILES string of the molecule is CC1CCC1(Sc1ccccc1)C(=O)O. The second-order valence-electron chi connectivity index (χ2n) is 4.05. The van der Waals surface area contributed by atoms with E-state index in [1.807, 2.05) is 37.3 Å². The van der Waals surface area contributed by atoms with E-state index in [4.69, 9.17) is 0 Å². The van der Waals surface area contributed by atoms with Crippen LogP contribution in [0.1, 0.15) is 19.8 Å². The number of benzene rings is 1. The molecule has 2 atom stereocenters. The summed E-state index contributed by atoms with van der Waals surface area (Å²) >= 11 is 1.49. The van der Waals surface area contributed by atoms with Crippen LogP contribution in [0.25, 0.3) is 0 Å². The van der Waals surface area contributed by atoms with Crippen LogP contribution < -0.4 is 0 Å². The van der Waals surface area contributed by atoms with Gasteiger partial charge < -0.3 is 5.11 Å². The predicted octanol–water partition coefficient (Wildman–Crippen LogP) is 3.03. The number of rotatable bonds is 3. The highest BCUT2D eigenvalue weighted by molar-refractivity contribution is 8.01. The first-order valence-corrected chi connectivity index (χ1v) is 5.94. The molecule has 0 radical (unpaired) electrons. The van der Waals surface area contributed by atoms with E-state index < -0.39 is 10.7 Å². The van der Waals surface area contributed by atoms with Crippen molar-refractivity contribution in [2.75, 3.05) is 0 Å². The zero-order chi connectivity index (χ0) is 10.9. The third-order valence-corrected chi connectivity index (χ3v) is 4.80. The van der Waals surface area contributed by atoms with Crippen LogP contribution in [-0.4, -0.2) is 15.8 Å². The number of hydrogen-bond donors (Lipinski definition) is 1. The highest BCUT2D eigenvalue weighted by atomic mass is 32.2. The fraction of sp³-hybridized carbons (Fsp3) is 0.417. The maximum absolute atomic E-state index is 11.3. The fourth-order valence-corrected chi connectivity index (χ4v) is 3.25. The monoisotopic (exact) mass is 222 g/mol. The Labute approximate surface area is 93.7 Å². The predicted molar refractivity (Wildman–Crippen MR) is 61.1 cm³/mol. The van der Waals surface area contributed by atoms with Gasteiger partial charge in [-0.05, 0) is 30.9 Å². The third kappa shape index (κ3) is 1.76. The molecule has 2 rings (SSSR count). The molecule has 0 heterocycles. The van der Waals surface area contributed by atoms with Gasteiger partial charge in [0.2, 0.25) is 0 Å². The smallest absolute Gasteiger partial charge is 0.320 e.